The summed E-state index contributed by atoms with van der Waals surface area (Å²) in [5.41, 5.74) is 0.844. The zero-order valence-corrected chi connectivity index (χ0v) is 18.8. The highest BCUT2D eigenvalue weighted by molar-refractivity contribution is 7.89. The summed E-state index contributed by atoms with van der Waals surface area (Å²) in [7, 11) is -2.41. The summed E-state index contributed by atoms with van der Waals surface area (Å²) in [6.07, 6.45) is 0.669. The third-order valence-corrected chi connectivity index (χ3v) is 7.24. The lowest BCUT2D eigenvalue weighted by atomic mass is 9.97. The highest BCUT2D eigenvalue weighted by Gasteiger charge is 2.32. The van der Waals surface area contributed by atoms with Crippen molar-refractivity contribution in [1.82, 2.24) is 9.62 Å². The van der Waals surface area contributed by atoms with Gasteiger partial charge >= 0.3 is 0 Å². The average molecular weight is 469 g/mol. The molecule has 0 bridgehead atoms. The van der Waals surface area contributed by atoms with Crippen LogP contribution in [0.25, 0.3) is 0 Å². The number of rotatable bonds is 8. The molecule has 2 aromatic rings. The molecule has 0 spiro atoms. The second kappa shape index (κ2) is 10.3. The number of carbonyl (C=O) groups excluding carboxylic acids is 1. The van der Waals surface area contributed by atoms with Crippen LogP contribution in [0.15, 0.2) is 41.3 Å². The summed E-state index contributed by atoms with van der Waals surface area (Å²) in [6, 6.07) is 7.92. The number of piperidine rings is 1. The molecule has 1 amide bonds. The summed E-state index contributed by atoms with van der Waals surface area (Å²) in [4.78, 5) is 12.3. The van der Waals surface area contributed by atoms with E-state index in [0.717, 1.165) is 17.7 Å². The number of carbonyl (C=O) groups is 1. The van der Waals surface area contributed by atoms with Gasteiger partial charge in [0.05, 0.1) is 18.6 Å². The van der Waals surface area contributed by atoms with Crippen molar-refractivity contribution in [1.29, 1.82) is 0 Å². The van der Waals surface area contributed by atoms with Crippen LogP contribution in [0.5, 0.6) is 11.5 Å². The molecule has 1 aliphatic rings. The molecule has 0 saturated carbocycles. The van der Waals surface area contributed by atoms with Crippen LogP contribution in [-0.4, -0.2) is 45.4 Å². The smallest absolute Gasteiger partial charge is 0.243 e. The van der Waals surface area contributed by atoms with Gasteiger partial charge in [0.1, 0.15) is 0 Å². The van der Waals surface area contributed by atoms with Gasteiger partial charge in [0.15, 0.2) is 23.1 Å². The van der Waals surface area contributed by atoms with Crippen LogP contribution in [0.2, 0.25) is 0 Å². The Kier molecular flexibility index (Phi) is 7.68. The van der Waals surface area contributed by atoms with Crippen molar-refractivity contribution in [3.8, 4) is 11.5 Å². The first kappa shape index (κ1) is 23.9. The minimum atomic E-state index is -3.95. The fourth-order valence-electron chi connectivity index (χ4n) is 3.57. The van der Waals surface area contributed by atoms with Crippen molar-refractivity contribution < 1.29 is 31.5 Å². The molecule has 0 aliphatic carbocycles. The highest BCUT2D eigenvalue weighted by atomic mass is 32.2. The monoisotopic (exact) mass is 468 g/mol. The lowest BCUT2D eigenvalue weighted by molar-refractivity contribution is -0.126. The minimum absolute atomic E-state index is 0.121. The molecule has 0 atom stereocenters. The van der Waals surface area contributed by atoms with Gasteiger partial charge in [-0.15, -0.1) is 0 Å². The quantitative estimate of drug-likeness (QED) is 0.644. The van der Waals surface area contributed by atoms with E-state index < -0.39 is 21.7 Å². The molecule has 2 aromatic carbocycles. The standard InChI is InChI=1S/C22H26F2N2O5S/c1-3-31-20-7-4-15(12-21(20)30-2)14-25-22(27)16-8-10-26(11-9-16)32(28,29)17-5-6-18(23)19(24)13-17/h4-7,12-13,16H,3,8-11,14H2,1-2H3,(H,25,27). The van der Waals surface area contributed by atoms with Crippen molar-refractivity contribution in [2.45, 2.75) is 31.2 Å². The predicted octanol–water partition coefficient (Wildman–Crippen LogP) is 3.09. The van der Waals surface area contributed by atoms with E-state index in [4.69, 9.17) is 9.47 Å². The van der Waals surface area contributed by atoms with Crippen LogP contribution in [0.4, 0.5) is 8.78 Å². The highest BCUT2D eigenvalue weighted by Crippen LogP contribution is 2.28. The number of hydrogen-bond donors (Lipinski definition) is 1. The van der Waals surface area contributed by atoms with E-state index in [2.05, 4.69) is 5.32 Å². The Labute approximate surface area is 186 Å². The van der Waals surface area contributed by atoms with Gasteiger partial charge in [-0.3, -0.25) is 4.79 Å². The molecule has 1 heterocycles. The number of nitrogens with one attached hydrogen (secondary N) is 1. The van der Waals surface area contributed by atoms with E-state index in [1.807, 2.05) is 13.0 Å². The van der Waals surface area contributed by atoms with Crippen LogP contribution < -0.4 is 14.8 Å². The molecule has 32 heavy (non-hydrogen) atoms. The molecule has 1 fully saturated rings. The van der Waals surface area contributed by atoms with E-state index in [-0.39, 0.29) is 29.8 Å². The van der Waals surface area contributed by atoms with Crippen molar-refractivity contribution in [3.63, 3.8) is 0 Å². The van der Waals surface area contributed by atoms with Gasteiger partial charge in [-0.1, -0.05) is 6.07 Å². The Morgan fingerprint density at radius 2 is 1.81 bits per heavy atom. The van der Waals surface area contributed by atoms with Crippen LogP contribution in [0.1, 0.15) is 25.3 Å². The van der Waals surface area contributed by atoms with Gasteiger partial charge < -0.3 is 14.8 Å². The molecule has 3 rings (SSSR count). The largest absolute Gasteiger partial charge is 0.493 e. The van der Waals surface area contributed by atoms with Gasteiger partial charge in [-0.25, -0.2) is 17.2 Å². The number of benzene rings is 2. The number of ether oxygens (including phenoxy) is 2. The zero-order chi connectivity index (χ0) is 23.3. The fraction of sp³-hybridized carbons (Fsp3) is 0.409. The Balaban J connectivity index is 1.56. The zero-order valence-electron chi connectivity index (χ0n) is 17.9. The Morgan fingerprint density at radius 3 is 2.44 bits per heavy atom. The molecule has 1 saturated heterocycles. The van der Waals surface area contributed by atoms with E-state index in [1.54, 1.807) is 19.2 Å². The molecular weight excluding hydrogens is 442 g/mol. The molecular formula is C22H26F2N2O5S. The Morgan fingerprint density at radius 1 is 1.09 bits per heavy atom. The first-order chi connectivity index (χ1) is 15.3. The number of halogens is 2. The molecule has 0 radical (unpaired) electrons. The van der Waals surface area contributed by atoms with E-state index in [1.165, 1.54) is 4.31 Å². The SMILES string of the molecule is CCOc1ccc(CNC(=O)C2CCN(S(=O)(=O)c3ccc(F)c(F)c3)CC2)cc1OC. The first-order valence-electron chi connectivity index (χ1n) is 10.3. The van der Waals surface area contributed by atoms with Gasteiger partial charge in [0.2, 0.25) is 15.9 Å². The van der Waals surface area contributed by atoms with Crippen LogP contribution in [0, 0.1) is 17.6 Å². The number of sulfonamides is 1. The van der Waals surface area contributed by atoms with E-state index >= 15 is 0 Å². The van der Waals surface area contributed by atoms with Gasteiger partial charge in [0, 0.05) is 25.6 Å². The third-order valence-electron chi connectivity index (χ3n) is 5.35. The average Bonchev–Trinajstić information content (AvgIpc) is 2.80. The molecule has 7 nitrogen and oxygen atoms in total. The Hall–Kier alpha value is -2.72. The third kappa shape index (κ3) is 5.36. The lowest BCUT2D eigenvalue weighted by Gasteiger charge is -2.30. The van der Waals surface area contributed by atoms with Crippen molar-refractivity contribution >= 4 is 15.9 Å². The normalized spacial score (nSPS) is 15.4. The Bertz CT molecular complexity index is 1070. The predicted molar refractivity (Wildman–Crippen MR) is 114 cm³/mol. The number of amides is 1. The van der Waals surface area contributed by atoms with Crippen LogP contribution in [-0.2, 0) is 21.4 Å². The molecule has 1 N–H and O–H groups in total. The first-order valence-corrected chi connectivity index (χ1v) is 11.7. The van der Waals surface area contributed by atoms with Gasteiger partial charge in [-0.2, -0.15) is 4.31 Å². The maximum absolute atomic E-state index is 13.5. The summed E-state index contributed by atoms with van der Waals surface area (Å²) in [5.74, 6) is -1.62. The minimum Gasteiger partial charge on any atom is -0.493 e. The van der Waals surface area contributed by atoms with Crippen molar-refractivity contribution in [2.24, 2.45) is 5.92 Å². The van der Waals surface area contributed by atoms with E-state index in [9.17, 15) is 22.0 Å². The number of methoxy groups -OCH3 is 1. The van der Waals surface area contributed by atoms with Gasteiger partial charge in [-0.05, 0) is 55.7 Å². The van der Waals surface area contributed by atoms with E-state index in [0.29, 0.717) is 43.6 Å². The summed E-state index contributed by atoms with van der Waals surface area (Å²) >= 11 is 0. The second-order valence-corrected chi connectivity index (χ2v) is 9.33. The molecule has 10 heteroatoms. The van der Waals surface area contributed by atoms with Crippen LogP contribution in [0.3, 0.4) is 0 Å². The summed E-state index contributed by atoms with van der Waals surface area (Å²) in [6.45, 7) is 2.93. The number of hydrogen-bond acceptors (Lipinski definition) is 5. The molecule has 1 aliphatic heterocycles. The maximum atomic E-state index is 13.5. The molecule has 174 valence electrons. The molecule has 0 aromatic heterocycles. The van der Waals surface area contributed by atoms with Gasteiger partial charge in [0.25, 0.3) is 0 Å². The second-order valence-electron chi connectivity index (χ2n) is 7.39. The number of nitrogens with zero attached hydrogens (tertiary/aromatic N) is 1. The summed E-state index contributed by atoms with van der Waals surface area (Å²) < 4.78 is 63.9. The van der Waals surface area contributed by atoms with Crippen LogP contribution >= 0.6 is 0 Å². The topological polar surface area (TPSA) is 84.9 Å². The fourth-order valence-corrected chi connectivity index (χ4v) is 5.06. The van der Waals surface area contributed by atoms with Crippen molar-refractivity contribution in [3.05, 3.63) is 53.6 Å². The van der Waals surface area contributed by atoms with Crippen molar-refractivity contribution in [2.75, 3.05) is 26.8 Å². The summed E-state index contributed by atoms with van der Waals surface area (Å²) in [5, 5.41) is 2.88. The lowest BCUT2D eigenvalue weighted by Crippen LogP contribution is -2.42. The molecule has 0 unspecified atom stereocenters. The maximum Gasteiger partial charge on any atom is 0.243 e.